The molecule has 0 atom stereocenters. The maximum atomic E-state index is 11.6. The van der Waals surface area contributed by atoms with Crippen LogP contribution in [0.4, 0.5) is 0 Å². The highest BCUT2D eigenvalue weighted by Crippen LogP contribution is 2.29. The van der Waals surface area contributed by atoms with Gasteiger partial charge in [-0.05, 0) is 65.0 Å². The highest BCUT2D eigenvalue weighted by molar-refractivity contribution is 6.13. The highest BCUT2D eigenvalue weighted by Gasteiger charge is 2.19. The summed E-state index contributed by atoms with van der Waals surface area (Å²) in [7, 11) is 2.13. The predicted octanol–water partition coefficient (Wildman–Crippen LogP) is 2.98. The largest absolute Gasteiger partial charge is 0.494 e. The van der Waals surface area contributed by atoms with E-state index < -0.39 is 0 Å². The van der Waals surface area contributed by atoms with Crippen LogP contribution >= 0.6 is 0 Å². The number of piperidine rings is 1. The summed E-state index contributed by atoms with van der Waals surface area (Å²) in [4.78, 5) is 21.7. The van der Waals surface area contributed by atoms with E-state index in [1.165, 1.54) is 0 Å². The first-order valence-electron chi connectivity index (χ1n) is 8.04. The second-order valence-electron chi connectivity index (χ2n) is 6.41. The minimum absolute atomic E-state index is 0.0171. The second kappa shape index (κ2) is 6.16. The van der Waals surface area contributed by atoms with E-state index in [4.69, 9.17) is 4.99 Å². The molecule has 1 saturated heterocycles. The third-order valence-corrected chi connectivity index (χ3v) is 4.61. The number of hydrogen-bond acceptors (Lipinski definition) is 4. The Morgan fingerprint density at radius 3 is 2.65 bits per heavy atom. The molecule has 0 unspecified atom stereocenters. The third-order valence-electron chi connectivity index (χ3n) is 4.61. The molecule has 1 fully saturated rings. The van der Waals surface area contributed by atoms with E-state index >= 15 is 0 Å². The molecule has 1 aliphatic heterocycles. The number of nitrogens with zero attached hydrogens (tertiary/aromatic N) is 2. The van der Waals surface area contributed by atoms with E-state index in [-0.39, 0.29) is 11.7 Å². The Bertz CT molecular complexity index is 768. The molecule has 1 aromatic heterocycles. The van der Waals surface area contributed by atoms with Crippen molar-refractivity contribution in [2.24, 2.45) is 4.99 Å². The lowest BCUT2D eigenvalue weighted by Crippen LogP contribution is -2.32. The number of carbonyl (C=O) groups excluding carboxylic acids is 1. The fraction of sp³-hybridized carbons (Fsp3) is 0.444. The number of fused-ring (bicyclic) bond motifs is 1. The van der Waals surface area contributed by atoms with E-state index in [1.54, 1.807) is 13.0 Å². The molecular weight excluding hydrogens is 290 g/mol. The van der Waals surface area contributed by atoms with Gasteiger partial charge >= 0.3 is 0 Å². The number of rotatable bonds is 3. The van der Waals surface area contributed by atoms with Crippen molar-refractivity contribution in [1.29, 1.82) is 0 Å². The summed E-state index contributed by atoms with van der Waals surface area (Å²) >= 11 is 0. The molecule has 0 bridgehead atoms. The van der Waals surface area contributed by atoms with Gasteiger partial charge in [-0.2, -0.15) is 0 Å². The van der Waals surface area contributed by atoms with Gasteiger partial charge in [0.25, 0.3) is 0 Å². The second-order valence-corrected chi connectivity index (χ2v) is 6.41. The molecule has 0 amide bonds. The number of aliphatic imine (C=N–C) groups is 1. The van der Waals surface area contributed by atoms with Crippen LogP contribution in [0.2, 0.25) is 0 Å². The topological polar surface area (TPSA) is 68.7 Å². The normalized spacial score (nSPS) is 17.8. The number of likely N-dealkylation sites (tertiary alicyclic amines) is 1. The average molecular weight is 313 g/mol. The SMILES string of the molecule is CC(=O)c1ccc2[nH]c(O)c(C(C)=NC3CCN(C)CC3)c2c1. The smallest absolute Gasteiger partial charge is 0.198 e. The zero-order valence-corrected chi connectivity index (χ0v) is 13.9. The van der Waals surface area contributed by atoms with Gasteiger partial charge in [-0.1, -0.05) is 0 Å². The maximum absolute atomic E-state index is 11.6. The fourth-order valence-corrected chi connectivity index (χ4v) is 3.23. The number of benzene rings is 1. The molecule has 0 spiro atoms. The Labute approximate surface area is 136 Å². The maximum Gasteiger partial charge on any atom is 0.198 e. The minimum atomic E-state index is 0.0171. The number of carbonyl (C=O) groups is 1. The molecular formula is C18H23N3O2. The number of hydrogen-bond donors (Lipinski definition) is 2. The van der Waals surface area contributed by atoms with Crippen molar-refractivity contribution < 1.29 is 9.90 Å². The Kier molecular flexibility index (Phi) is 4.22. The molecule has 5 heteroatoms. The first-order valence-corrected chi connectivity index (χ1v) is 8.04. The van der Waals surface area contributed by atoms with Crippen LogP contribution in [0.3, 0.4) is 0 Å². The summed E-state index contributed by atoms with van der Waals surface area (Å²) in [6.07, 6.45) is 2.07. The van der Waals surface area contributed by atoms with Gasteiger partial charge < -0.3 is 15.0 Å². The van der Waals surface area contributed by atoms with E-state index in [1.807, 2.05) is 19.1 Å². The van der Waals surface area contributed by atoms with Crippen LogP contribution in [0.15, 0.2) is 23.2 Å². The van der Waals surface area contributed by atoms with E-state index in [9.17, 15) is 9.90 Å². The molecule has 1 aliphatic rings. The average Bonchev–Trinajstić information content (AvgIpc) is 2.84. The lowest BCUT2D eigenvalue weighted by Gasteiger charge is -2.26. The number of Topliss-reactive ketones (excluding diaryl/α,β-unsaturated/α-hetero) is 1. The van der Waals surface area contributed by atoms with Gasteiger partial charge in [0, 0.05) is 22.2 Å². The quantitative estimate of drug-likeness (QED) is 0.676. The van der Waals surface area contributed by atoms with Gasteiger partial charge in [0.1, 0.15) is 0 Å². The summed E-state index contributed by atoms with van der Waals surface area (Å²) < 4.78 is 0. The van der Waals surface area contributed by atoms with E-state index in [0.717, 1.165) is 42.5 Å². The number of ketones is 1. The van der Waals surface area contributed by atoms with Crippen molar-refractivity contribution in [3.05, 3.63) is 29.3 Å². The summed E-state index contributed by atoms with van der Waals surface area (Å²) in [5.41, 5.74) is 3.00. The van der Waals surface area contributed by atoms with Gasteiger partial charge in [0.15, 0.2) is 11.7 Å². The Balaban J connectivity index is 1.99. The molecule has 1 aromatic carbocycles. The fourth-order valence-electron chi connectivity index (χ4n) is 3.23. The van der Waals surface area contributed by atoms with Crippen LogP contribution in [-0.2, 0) is 0 Å². The van der Waals surface area contributed by atoms with Crippen LogP contribution in [-0.4, -0.2) is 52.7 Å². The highest BCUT2D eigenvalue weighted by atomic mass is 16.3. The molecule has 5 nitrogen and oxygen atoms in total. The molecule has 0 aliphatic carbocycles. The molecule has 3 rings (SSSR count). The first kappa shape index (κ1) is 15.7. The Morgan fingerprint density at radius 2 is 2.00 bits per heavy atom. The Hall–Kier alpha value is -2.14. The molecule has 122 valence electrons. The van der Waals surface area contributed by atoms with E-state index in [2.05, 4.69) is 16.9 Å². The minimum Gasteiger partial charge on any atom is -0.494 e. The van der Waals surface area contributed by atoms with Gasteiger partial charge in [-0.15, -0.1) is 0 Å². The molecule has 23 heavy (non-hydrogen) atoms. The van der Waals surface area contributed by atoms with Gasteiger partial charge in [-0.3, -0.25) is 9.79 Å². The van der Waals surface area contributed by atoms with Crippen molar-refractivity contribution in [2.45, 2.75) is 32.7 Å². The monoisotopic (exact) mass is 313 g/mol. The van der Waals surface area contributed by atoms with Crippen molar-refractivity contribution in [3.8, 4) is 5.88 Å². The molecule has 2 heterocycles. The number of aromatic amines is 1. The van der Waals surface area contributed by atoms with Crippen LogP contribution in [0.1, 0.15) is 42.6 Å². The molecule has 0 radical (unpaired) electrons. The summed E-state index contributed by atoms with van der Waals surface area (Å²) in [6.45, 7) is 5.58. The number of H-pyrrole nitrogens is 1. The molecule has 0 saturated carbocycles. The van der Waals surface area contributed by atoms with Crippen molar-refractivity contribution in [1.82, 2.24) is 9.88 Å². The van der Waals surface area contributed by atoms with Crippen LogP contribution in [0.25, 0.3) is 10.9 Å². The first-order chi connectivity index (χ1) is 11.0. The Morgan fingerprint density at radius 1 is 1.30 bits per heavy atom. The number of aromatic nitrogens is 1. The van der Waals surface area contributed by atoms with Gasteiger partial charge in [0.2, 0.25) is 0 Å². The summed E-state index contributed by atoms with van der Waals surface area (Å²) in [5, 5.41) is 11.1. The lowest BCUT2D eigenvalue weighted by atomic mass is 10.0. The number of aromatic hydroxyl groups is 1. The van der Waals surface area contributed by atoms with Crippen LogP contribution in [0.5, 0.6) is 5.88 Å². The summed E-state index contributed by atoms with van der Waals surface area (Å²) in [6, 6.07) is 5.73. The summed E-state index contributed by atoms with van der Waals surface area (Å²) in [5.74, 6) is 0.137. The zero-order chi connectivity index (χ0) is 16.6. The number of nitrogens with one attached hydrogen (secondary N) is 1. The third kappa shape index (κ3) is 3.15. The predicted molar refractivity (Wildman–Crippen MR) is 92.7 cm³/mol. The van der Waals surface area contributed by atoms with E-state index in [0.29, 0.717) is 17.2 Å². The van der Waals surface area contributed by atoms with Crippen LogP contribution < -0.4 is 0 Å². The molecule has 2 N–H and O–H groups in total. The zero-order valence-electron chi connectivity index (χ0n) is 13.9. The van der Waals surface area contributed by atoms with Crippen molar-refractivity contribution in [3.63, 3.8) is 0 Å². The molecule has 2 aromatic rings. The van der Waals surface area contributed by atoms with Crippen LogP contribution in [0, 0.1) is 0 Å². The lowest BCUT2D eigenvalue weighted by molar-refractivity contribution is 0.101. The van der Waals surface area contributed by atoms with Crippen molar-refractivity contribution in [2.75, 3.05) is 20.1 Å². The van der Waals surface area contributed by atoms with Gasteiger partial charge in [0.05, 0.1) is 11.6 Å². The van der Waals surface area contributed by atoms with Crippen molar-refractivity contribution >= 4 is 22.4 Å². The van der Waals surface area contributed by atoms with Gasteiger partial charge in [-0.25, -0.2) is 0 Å². The standard InChI is InChI=1S/C18H23N3O2/c1-11(19-14-6-8-21(3)9-7-14)17-15-10-13(12(2)22)4-5-16(15)20-18(17)23/h4-5,10,14,20,23H,6-9H2,1-3H3.